The summed E-state index contributed by atoms with van der Waals surface area (Å²) >= 11 is 0. The topological polar surface area (TPSA) is 43.1 Å². The van der Waals surface area contributed by atoms with Crippen molar-refractivity contribution >= 4 is 5.78 Å². The van der Waals surface area contributed by atoms with Crippen molar-refractivity contribution in [3.63, 3.8) is 0 Å². The molecule has 0 rings (SSSR count). The van der Waals surface area contributed by atoms with Gasteiger partial charge in [0, 0.05) is 12.8 Å². The molecular formula is C16H33NO. The van der Waals surface area contributed by atoms with Crippen molar-refractivity contribution in [3.8, 4) is 0 Å². The number of Topliss-reactive ketones (excluding diaryl/α,β-unsaturated/α-hetero) is 1. The highest BCUT2D eigenvalue weighted by molar-refractivity contribution is 5.78. The zero-order chi connectivity index (χ0) is 14.2. The van der Waals surface area contributed by atoms with E-state index in [1.807, 2.05) is 0 Å². The van der Waals surface area contributed by atoms with Crippen molar-refractivity contribution in [1.82, 2.24) is 0 Å². The van der Waals surface area contributed by atoms with Gasteiger partial charge >= 0.3 is 0 Å². The Bertz CT molecular complexity index is 228. The van der Waals surface area contributed by atoms with Gasteiger partial charge in [0.2, 0.25) is 0 Å². The molecule has 18 heavy (non-hydrogen) atoms. The fraction of sp³-hybridized carbons (Fsp3) is 0.938. The van der Waals surface area contributed by atoms with Gasteiger partial charge in [-0.3, -0.25) is 4.79 Å². The summed E-state index contributed by atoms with van der Waals surface area (Å²) in [6, 6.07) is 0. The van der Waals surface area contributed by atoms with Crippen molar-refractivity contribution in [2.45, 2.75) is 73.1 Å². The Labute approximate surface area is 114 Å². The summed E-state index contributed by atoms with van der Waals surface area (Å²) in [7, 11) is 0. The monoisotopic (exact) mass is 255 g/mol. The van der Waals surface area contributed by atoms with E-state index in [2.05, 4.69) is 34.6 Å². The molecule has 0 aromatic rings. The molecule has 108 valence electrons. The van der Waals surface area contributed by atoms with Crippen LogP contribution >= 0.6 is 0 Å². The van der Waals surface area contributed by atoms with Crippen molar-refractivity contribution in [1.29, 1.82) is 0 Å². The Balaban J connectivity index is 3.93. The quantitative estimate of drug-likeness (QED) is 0.672. The van der Waals surface area contributed by atoms with Crippen LogP contribution in [0.4, 0.5) is 0 Å². The number of carbonyl (C=O) groups is 1. The fourth-order valence-corrected chi connectivity index (χ4v) is 2.38. The first-order valence-electron chi connectivity index (χ1n) is 7.49. The Hall–Kier alpha value is -0.370. The predicted molar refractivity (Wildman–Crippen MR) is 79.5 cm³/mol. The SMILES string of the molecule is CC(C)CCCC(=O)CCC(CCN)C(C)(C)C. The fourth-order valence-electron chi connectivity index (χ4n) is 2.38. The molecule has 0 aliphatic rings. The molecule has 0 radical (unpaired) electrons. The van der Waals surface area contributed by atoms with E-state index >= 15 is 0 Å². The first-order valence-corrected chi connectivity index (χ1v) is 7.49. The number of ketones is 1. The van der Waals surface area contributed by atoms with Crippen LogP contribution in [-0.2, 0) is 4.79 Å². The number of hydrogen-bond donors (Lipinski definition) is 1. The zero-order valence-electron chi connectivity index (χ0n) is 13.1. The number of nitrogens with two attached hydrogens (primary N) is 1. The Morgan fingerprint density at radius 3 is 2.11 bits per heavy atom. The van der Waals surface area contributed by atoms with Crippen molar-refractivity contribution in [2.75, 3.05) is 6.54 Å². The van der Waals surface area contributed by atoms with E-state index < -0.39 is 0 Å². The van der Waals surface area contributed by atoms with Crippen LogP contribution in [0.5, 0.6) is 0 Å². The van der Waals surface area contributed by atoms with Crippen LogP contribution in [0.2, 0.25) is 0 Å². The third-order valence-corrected chi connectivity index (χ3v) is 3.75. The maximum Gasteiger partial charge on any atom is 0.132 e. The average molecular weight is 255 g/mol. The van der Waals surface area contributed by atoms with Crippen LogP contribution < -0.4 is 5.73 Å². The van der Waals surface area contributed by atoms with E-state index in [1.165, 1.54) is 0 Å². The summed E-state index contributed by atoms with van der Waals surface area (Å²) in [5.74, 6) is 1.70. The third-order valence-electron chi connectivity index (χ3n) is 3.75. The standard InChI is InChI=1S/C16H33NO/c1-13(2)7-6-8-15(18)10-9-14(11-12-17)16(3,4)5/h13-14H,6-12,17H2,1-5H3. The van der Waals surface area contributed by atoms with Gasteiger partial charge in [0.1, 0.15) is 5.78 Å². The summed E-state index contributed by atoms with van der Waals surface area (Å²) in [6.07, 6.45) is 5.74. The molecule has 0 saturated carbocycles. The molecule has 0 aromatic carbocycles. The lowest BCUT2D eigenvalue weighted by molar-refractivity contribution is -0.119. The minimum absolute atomic E-state index is 0.261. The van der Waals surface area contributed by atoms with Gasteiger partial charge in [-0.15, -0.1) is 0 Å². The van der Waals surface area contributed by atoms with E-state index in [4.69, 9.17) is 5.73 Å². The molecule has 0 amide bonds. The van der Waals surface area contributed by atoms with Gasteiger partial charge in [-0.1, -0.05) is 41.0 Å². The van der Waals surface area contributed by atoms with Gasteiger partial charge in [-0.2, -0.15) is 0 Å². The van der Waals surface area contributed by atoms with E-state index in [0.29, 0.717) is 17.6 Å². The first-order chi connectivity index (χ1) is 8.27. The van der Waals surface area contributed by atoms with Crippen LogP contribution in [-0.4, -0.2) is 12.3 Å². The van der Waals surface area contributed by atoms with Gasteiger partial charge in [-0.25, -0.2) is 0 Å². The van der Waals surface area contributed by atoms with Crippen LogP contribution in [0.25, 0.3) is 0 Å². The second kappa shape index (κ2) is 8.68. The van der Waals surface area contributed by atoms with Crippen LogP contribution in [0, 0.1) is 17.3 Å². The third kappa shape index (κ3) is 8.68. The summed E-state index contributed by atoms with van der Waals surface area (Å²) < 4.78 is 0. The molecule has 1 unspecified atom stereocenters. The van der Waals surface area contributed by atoms with E-state index in [9.17, 15) is 4.79 Å². The normalized spacial score (nSPS) is 13.9. The highest BCUT2D eigenvalue weighted by Crippen LogP contribution is 2.32. The number of carbonyl (C=O) groups excluding carboxylic acids is 1. The second-order valence-corrected chi connectivity index (χ2v) is 7.00. The Kier molecular flexibility index (Phi) is 8.51. The molecule has 2 nitrogen and oxygen atoms in total. The number of rotatable bonds is 9. The molecule has 1 atom stereocenters. The maximum absolute atomic E-state index is 11.8. The molecule has 0 saturated heterocycles. The van der Waals surface area contributed by atoms with E-state index in [-0.39, 0.29) is 5.41 Å². The van der Waals surface area contributed by atoms with Crippen molar-refractivity contribution in [3.05, 3.63) is 0 Å². The highest BCUT2D eigenvalue weighted by atomic mass is 16.1. The lowest BCUT2D eigenvalue weighted by Gasteiger charge is -2.30. The van der Waals surface area contributed by atoms with Gasteiger partial charge < -0.3 is 5.73 Å². The smallest absolute Gasteiger partial charge is 0.132 e. The number of hydrogen-bond acceptors (Lipinski definition) is 2. The molecule has 0 heterocycles. The maximum atomic E-state index is 11.8. The minimum Gasteiger partial charge on any atom is -0.330 e. The molecule has 0 fully saturated rings. The van der Waals surface area contributed by atoms with Gasteiger partial charge in [-0.05, 0) is 43.1 Å². The molecule has 0 aliphatic heterocycles. The largest absolute Gasteiger partial charge is 0.330 e. The molecule has 0 aliphatic carbocycles. The Morgan fingerprint density at radius 1 is 1.06 bits per heavy atom. The van der Waals surface area contributed by atoms with Gasteiger partial charge in [0.25, 0.3) is 0 Å². The first kappa shape index (κ1) is 17.6. The lowest BCUT2D eigenvalue weighted by atomic mass is 9.76. The van der Waals surface area contributed by atoms with Gasteiger partial charge in [0.15, 0.2) is 0 Å². The molecule has 0 bridgehead atoms. The highest BCUT2D eigenvalue weighted by Gasteiger charge is 2.24. The molecular weight excluding hydrogens is 222 g/mol. The minimum atomic E-state index is 0.261. The molecule has 2 N–H and O–H groups in total. The van der Waals surface area contributed by atoms with Crippen molar-refractivity contribution < 1.29 is 4.79 Å². The van der Waals surface area contributed by atoms with E-state index in [1.54, 1.807) is 0 Å². The molecule has 2 heteroatoms. The summed E-state index contributed by atoms with van der Waals surface area (Å²) in [4.78, 5) is 11.8. The van der Waals surface area contributed by atoms with Gasteiger partial charge in [0.05, 0.1) is 0 Å². The predicted octanol–water partition coefficient (Wildman–Crippen LogP) is 4.17. The molecule has 0 aromatic heterocycles. The van der Waals surface area contributed by atoms with Crippen LogP contribution in [0.1, 0.15) is 73.1 Å². The summed E-state index contributed by atoms with van der Waals surface area (Å²) in [6.45, 7) is 11.9. The van der Waals surface area contributed by atoms with E-state index in [0.717, 1.165) is 45.1 Å². The summed E-state index contributed by atoms with van der Waals surface area (Å²) in [5.41, 5.74) is 5.92. The average Bonchev–Trinajstić information content (AvgIpc) is 2.21. The zero-order valence-corrected chi connectivity index (χ0v) is 13.1. The summed E-state index contributed by atoms with van der Waals surface area (Å²) in [5, 5.41) is 0. The lowest BCUT2D eigenvalue weighted by Crippen LogP contribution is -2.24. The van der Waals surface area contributed by atoms with Crippen LogP contribution in [0.3, 0.4) is 0 Å². The van der Waals surface area contributed by atoms with Crippen molar-refractivity contribution in [2.24, 2.45) is 23.0 Å². The Morgan fingerprint density at radius 2 is 1.67 bits per heavy atom. The second-order valence-electron chi connectivity index (χ2n) is 7.00. The van der Waals surface area contributed by atoms with Crippen LogP contribution in [0.15, 0.2) is 0 Å². The molecule has 0 spiro atoms.